The van der Waals surface area contributed by atoms with Crippen LogP contribution in [0.3, 0.4) is 0 Å². The van der Waals surface area contributed by atoms with Gasteiger partial charge in [0.15, 0.2) is 0 Å². The van der Waals surface area contributed by atoms with Crippen LogP contribution >= 0.6 is 45.2 Å². The second kappa shape index (κ2) is 6.09. The first-order valence-corrected chi connectivity index (χ1v) is 6.55. The van der Waals surface area contributed by atoms with Crippen molar-refractivity contribution in [3.8, 4) is 5.75 Å². The molecule has 0 saturated carbocycles. The quantitative estimate of drug-likeness (QED) is 0.303. The molecule has 0 spiro atoms. The second-order valence-corrected chi connectivity index (χ2v) is 5.94. The third-order valence-corrected chi connectivity index (χ3v) is 3.70. The summed E-state index contributed by atoms with van der Waals surface area (Å²) in [4.78, 5) is -0.249. The molecule has 0 radical (unpaired) electrons. The molecule has 1 rings (SSSR count). The van der Waals surface area contributed by atoms with E-state index in [9.17, 15) is 13.5 Å². The van der Waals surface area contributed by atoms with Crippen LogP contribution in [0.4, 0.5) is 0 Å². The van der Waals surface area contributed by atoms with Crippen LogP contribution in [0.25, 0.3) is 0 Å². The molecule has 0 saturated heterocycles. The van der Waals surface area contributed by atoms with E-state index in [0.29, 0.717) is 0 Å². The Morgan fingerprint density at radius 3 is 1.86 bits per heavy atom. The van der Waals surface area contributed by atoms with E-state index in [-0.39, 0.29) is 69.2 Å². The van der Waals surface area contributed by atoms with Gasteiger partial charge < -0.3 is 5.11 Å². The summed E-state index contributed by atoms with van der Waals surface area (Å²) in [6.07, 6.45) is 0. The van der Waals surface area contributed by atoms with Crippen molar-refractivity contribution in [1.82, 2.24) is 0 Å². The van der Waals surface area contributed by atoms with Crippen molar-refractivity contribution in [3.05, 3.63) is 19.3 Å². The molecule has 0 amide bonds. The van der Waals surface area contributed by atoms with Crippen molar-refractivity contribution in [2.45, 2.75) is 4.90 Å². The van der Waals surface area contributed by atoms with Crippen LogP contribution in [0.5, 0.6) is 5.75 Å². The third kappa shape index (κ3) is 4.12. The molecule has 0 aliphatic heterocycles. The Morgan fingerprint density at radius 1 is 1.21 bits per heavy atom. The van der Waals surface area contributed by atoms with Gasteiger partial charge in [-0.15, -0.1) is 0 Å². The van der Waals surface area contributed by atoms with E-state index < -0.39 is 10.1 Å². The summed E-state index contributed by atoms with van der Waals surface area (Å²) in [5, 5.41) is 11.2. The van der Waals surface area contributed by atoms with Gasteiger partial charge in [0.05, 0.1) is 4.90 Å². The molecule has 0 fully saturated rings. The Labute approximate surface area is 151 Å². The van der Waals surface area contributed by atoms with Crippen molar-refractivity contribution in [3.63, 3.8) is 0 Å². The van der Waals surface area contributed by atoms with E-state index in [1.165, 1.54) is 0 Å². The molecule has 4 nitrogen and oxygen atoms in total. The van der Waals surface area contributed by atoms with Gasteiger partial charge in [-0.05, 0) is 57.3 Å². The van der Waals surface area contributed by atoms with E-state index >= 15 is 0 Å². The maximum atomic E-state index is 11.2. The van der Waals surface area contributed by atoms with Gasteiger partial charge in [-0.25, -0.2) is 0 Å². The monoisotopic (exact) mass is 464 g/mol. The molecule has 0 aliphatic carbocycles. The van der Waals surface area contributed by atoms with Crippen LogP contribution in [0.2, 0.25) is 0 Å². The summed E-state index contributed by atoms with van der Waals surface area (Å²) in [6.45, 7) is 0. The normalized spacial score (nSPS) is 10.8. The van der Waals surface area contributed by atoms with E-state index in [2.05, 4.69) is 0 Å². The number of hydrogen-bond acceptors (Lipinski definition) is 3. The van der Waals surface area contributed by atoms with Gasteiger partial charge >= 0.3 is 51.4 Å². The SMILES string of the molecule is O=S(=O)(O)c1cc(I)c([O-])c(I)c1.[K+]. The summed E-state index contributed by atoms with van der Waals surface area (Å²) < 4.78 is 30.6. The first-order chi connectivity index (χ1) is 5.82. The average molecular weight is 464 g/mol. The molecule has 1 aromatic rings. The molecule has 0 aliphatic rings. The van der Waals surface area contributed by atoms with Crippen LogP contribution in [0, 0.1) is 7.14 Å². The number of rotatable bonds is 1. The Morgan fingerprint density at radius 2 is 1.57 bits per heavy atom. The number of hydrogen-bond donors (Lipinski definition) is 1. The molecular formula is C6H3I2KO4S. The van der Waals surface area contributed by atoms with Gasteiger partial charge in [-0.2, -0.15) is 8.42 Å². The van der Waals surface area contributed by atoms with Crippen molar-refractivity contribution in [2.24, 2.45) is 0 Å². The number of halogens is 2. The Hall–Kier alpha value is 2.03. The summed E-state index contributed by atoms with van der Waals surface area (Å²) in [5.74, 6) is -0.228. The minimum absolute atomic E-state index is 0. The molecule has 14 heavy (non-hydrogen) atoms. The summed E-state index contributed by atoms with van der Waals surface area (Å²) in [5.41, 5.74) is 0. The van der Waals surface area contributed by atoms with Crippen LogP contribution in [-0.2, 0) is 10.1 Å². The second-order valence-electron chi connectivity index (χ2n) is 2.19. The van der Waals surface area contributed by atoms with Gasteiger partial charge in [0.2, 0.25) is 0 Å². The predicted molar refractivity (Wildman–Crippen MR) is 61.1 cm³/mol. The first-order valence-electron chi connectivity index (χ1n) is 2.96. The zero-order valence-corrected chi connectivity index (χ0v) is 15.2. The summed E-state index contributed by atoms with van der Waals surface area (Å²) in [7, 11) is -4.21. The van der Waals surface area contributed by atoms with Gasteiger partial charge in [0.25, 0.3) is 10.1 Å². The molecular weight excluding hydrogens is 461 g/mol. The Bertz CT molecular complexity index is 422. The van der Waals surface area contributed by atoms with E-state index in [1.807, 2.05) is 0 Å². The van der Waals surface area contributed by atoms with Gasteiger partial charge in [0, 0.05) is 7.14 Å². The molecule has 0 aromatic heterocycles. The molecule has 0 bridgehead atoms. The maximum absolute atomic E-state index is 11.2. The topological polar surface area (TPSA) is 77.4 Å². The number of benzene rings is 1. The van der Waals surface area contributed by atoms with Gasteiger partial charge in [0.1, 0.15) is 0 Å². The van der Waals surface area contributed by atoms with Crippen LogP contribution < -0.4 is 56.5 Å². The predicted octanol–water partition coefficient (Wildman–Crippen LogP) is -1.78. The molecule has 1 aromatic carbocycles. The largest absolute Gasteiger partial charge is 1.00 e. The standard InChI is InChI=1S/C6H4I2O4S.K/c7-4-1-3(13(10,11)12)2-5(8)6(4)9;/h1-2,9H,(H,10,11,12);/q;+1/p-1. The molecule has 8 heteroatoms. The summed E-state index contributed by atoms with van der Waals surface area (Å²) in [6, 6.07) is 2.28. The van der Waals surface area contributed by atoms with Crippen molar-refractivity contribution < 1.29 is 69.5 Å². The zero-order chi connectivity index (χ0) is 10.2. The van der Waals surface area contributed by atoms with Crippen molar-refractivity contribution >= 4 is 55.3 Å². The van der Waals surface area contributed by atoms with Crippen LogP contribution in [-0.4, -0.2) is 13.0 Å². The molecule has 0 atom stereocenters. The van der Waals surface area contributed by atoms with Crippen LogP contribution in [0.1, 0.15) is 0 Å². The molecule has 1 N–H and O–H groups in total. The van der Waals surface area contributed by atoms with Crippen molar-refractivity contribution in [1.29, 1.82) is 0 Å². The zero-order valence-electron chi connectivity index (χ0n) is 6.99. The van der Waals surface area contributed by atoms with Crippen LogP contribution in [0.15, 0.2) is 17.0 Å². The first kappa shape index (κ1) is 16.0. The minimum Gasteiger partial charge on any atom is -0.871 e. The van der Waals surface area contributed by atoms with Crippen molar-refractivity contribution in [2.75, 3.05) is 0 Å². The average Bonchev–Trinajstić information content (AvgIpc) is 1.97. The van der Waals surface area contributed by atoms with E-state index in [1.54, 1.807) is 45.2 Å². The fourth-order valence-corrected chi connectivity index (χ4v) is 3.41. The fourth-order valence-electron chi connectivity index (χ4n) is 0.686. The third-order valence-electron chi connectivity index (χ3n) is 1.27. The summed E-state index contributed by atoms with van der Waals surface area (Å²) >= 11 is 3.45. The smallest absolute Gasteiger partial charge is 0.871 e. The maximum Gasteiger partial charge on any atom is 1.00 e. The van der Waals surface area contributed by atoms with E-state index in [4.69, 9.17) is 4.55 Å². The fraction of sp³-hybridized carbons (Fsp3) is 0. The Kier molecular flexibility index (Phi) is 6.98. The molecule has 0 heterocycles. The van der Waals surface area contributed by atoms with Gasteiger partial charge in [-0.1, -0.05) is 5.75 Å². The molecule has 72 valence electrons. The van der Waals surface area contributed by atoms with E-state index in [0.717, 1.165) is 12.1 Å². The minimum atomic E-state index is -4.21. The van der Waals surface area contributed by atoms with Gasteiger partial charge in [-0.3, -0.25) is 4.55 Å². The molecule has 0 unspecified atom stereocenters. The Balaban J connectivity index is 0.00000169.